The highest BCUT2D eigenvalue weighted by Gasteiger charge is 2.24. The molecule has 1 heterocycles. The first-order valence-electron chi connectivity index (χ1n) is 8.50. The highest BCUT2D eigenvalue weighted by Crippen LogP contribution is 2.38. The van der Waals surface area contributed by atoms with Crippen molar-refractivity contribution < 1.29 is 9.66 Å². The molecule has 1 atom stereocenters. The van der Waals surface area contributed by atoms with Crippen LogP contribution in [0.5, 0.6) is 5.75 Å². The quantitative estimate of drug-likeness (QED) is 0.315. The normalized spacial score (nSPS) is 12.0. The fourth-order valence-electron chi connectivity index (χ4n) is 2.84. The van der Waals surface area contributed by atoms with Gasteiger partial charge in [0.1, 0.15) is 16.8 Å². The summed E-state index contributed by atoms with van der Waals surface area (Å²) in [5, 5.41) is 20.2. The Morgan fingerprint density at radius 1 is 1.25 bits per heavy atom. The highest BCUT2D eigenvalue weighted by atomic mass is 35.5. The van der Waals surface area contributed by atoms with Gasteiger partial charge in [-0.3, -0.25) is 14.7 Å². The van der Waals surface area contributed by atoms with Gasteiger partial charge in [-0.15, -0.1) is 10.2 Å². The van der Waals surface area contributed by atoms with Crippen molar-refractivity contribution in [2.24, 2.45) is 0 Å². The molecule has 7 nitrogen and oxygen atoms in total. The Labute approximate surface area is 171 Å². The number of hydrogen-bond acceptors (Lipinski definition) is 6. The highest BCUT2D eigenvalue weighted by molar-refractivity contribution is 7.99. The third-order valence-electron chi connectivity index (χ3n) is 4.17. The summed E-state index contributed by atoms with van der Waals surface area (Å²) in [6.07, 6.45) is 0. The molecule has 28 heavy (non-hydrogen) atoms. The van der Waals surface area contributed by atoms with E-state index in [1.165, 1.54) is 18.9 Å². The van der Waals surface area contributed by atoms with Crippen molar-refractivity contribution in [1.29, 1.82) is 0 Å². The molecule has 0 unspecified atom stereocenters. The molecule has 0 fully saturated rings. The predicted octanol–water partition coefficient (Wildman–Crippen LogP) is 4.66. The van der Waals surface area contributed by atoms with Gasteiger partial charge in [0.15, 0.2) is 5.16 Å². The average Bonchev–Trinajstić information content (AvgIpc) is 3.01. The maximum absolute atomic E-state index is 11.3. The van der Waals surface area contributed by atoms with Gasteiger partial charge in [0.05, 0.1) is 12.1 Å². The van der Waals surface area contributed by atoms with Gasteiger partial charge in [-0.2, -0.15) is 0 Å². The SMILES string of the molecule is COc1ccc([C@@H](C[N+](=O)[O-])Sc2nnc(C)n2-c2cccc(C)c2)cc1Cl. The summed E-state index contributed by atoms with van der Waals surface area (Å²) in [7, 11) is 1.53. The maximum Gasteiger partial charge on any atom is 0.220 e. The molecule has 3 rings (SSSR count). The number of benzene rings is 2. The number of aryl methyl sites for hydroxylation is 2. The van der Waals surface area contributed by atoms with Gasteiger partial charge in [0.2, 0.25) is 6.54 Å². The standard InChI is InChI=1S/C19H19ClN4O3S/c1-12-5-4-6-15(9-12)24-13(2)21-22-19(24)28-18(11-23(25)26)14-7-8-17(27-3)16(20)10-14/h4-10,18H,11H2,1-3H3/t18-/m1/s1. The summed E-state index contributed by atoms with van der Waals surface area (Å²) in [5.74, 6) is 1.23. The van der Waals surface area contributed by atoms with Crippen LogP contribution in [0.4, 0.5) is 0 Å². The van der Waals surface area contributed by atoms with Crippen molar-refractivity contribution >= 4 is 23.4 Å². The summed E-state index contributed by atoms with van der Waals surface area (Å²) < 4.78 is 7.07. The van der Waals surface area contributed by atoms with E-state index in [0.717, 1.165) is 16.8 Å². The Kier molecular flexibility index (Phi) is 6.21. The monoisotopic (exact) mass is 418 g/mol. The summed E-state index contributed by atoms with van der Waals surface area (Å²) in [6.45, 7) is 3.59. The minimum Gasteiger partial charge on any atom is -0.495 e. The van der Waals surface area contributed by atoms with Crippen LogP contribution in [0.1, 0.15) is 22.2 Å². The second kappa shape index (κ2) is 8.62. The van der Waals surface area contributed by atoms with Gasteiger partial charge in [-0.05, 0) is 49.2 Å². The van der Waals surface area contributed by atoms with Crippen molar-refractivity contribution in [3.8, 4) is 11.4 Å². The minimum absolute atomic E-state index is 0.271. The largest absolute Gasteiger partial charge is 0.495 e. The Balaban J connectivity index is 1.99. The molecular weight excluding hydrogens is 400 g/mol. The van der Waals surface area contributed by atoms with Crippen LogP contribution in [0.3, 0.4) is 0 Å². The minimum atomic E-state index is -0.481. The second-order valence-corrected chi connectivity index (χ2v) is 7.80. The zero-order valence-corrected chi connectivity index (χ0v) is 17.2. The van der Waals surface area contributed by atoms with E-state index in [4.69, 9.17) is 16.3 Å². The van der Waals surface area contributed by atoms with E-state index in [9.17, 15) is 10.1 Å². The second-order valence-electron chi connectivity index (χ2n) is 6.22. The molecule has 1 aromatic heterocycles. The Morgan fingerprint density at radius 2 is 2.04 bits per heavy atom. The van der Waals surface area contributed by atoms with Crippen LogP contribution in [0, 0.1) is 24.0 Å². The van der Waals surface area contributed by atoms with Crippen molar-refractivity contribution in [3.05, 3.63) is 74.6 Å². The van der Waals surface area contributed by atoms with Crippen molar-refractivity contribution in [2.45, 2.75) is 24.3 Å². The van der Waals surface area contributed by atoms with Crippen molar-refractivity contribution in [3.63, 3.8) is 0 Å². The number of rotatable bonds is 7. The number of ether oxygens (including phenoxy) is 1. The average molecular weight is 419 g/mol. The van der Waals surface area contributed by atoms with Crippen LogP contribution >= 0.6 is 23.4 Å². The first-order chi connectivity index (χ1) is 13.4. The Hall–Kier alpha value is -2.58. The van der Waals surface area contributed by atoms with Crippen molar-refractivity contribution in [2.75, 3.05) is 13.7 Å². The zero-order chi connectivity index (χ0) is 20.3. The van der Waals surface area contributed by atoms with E-state index < -0.39 is 5.25 Å². The lowest BCUT2D eigenvalue weighted by Crippen LogP contribution is -2.11. The van der Waals surface area contributed by atoms with Gasteiger partial charge in [-0.25, -0.2) is 0 Å². The molecule has 0 amide bonds. The molecule has 0 saturated heterocycles. The lowest BCUT2D eigenvalue weighted by molar-refractivity contribution is -0.479. The Morgan fingerprint density at radius 3 is 2.68 bits per heavy atom. The Bertz CT molecular complexity index is 1010. The number of aromatic nitrogens is 3. The third-order valence-corrected chi connectivity index (χ3v) is 5.64. The van der Waals surface area contributed by atoms with Gasteiger partial charge in [0.25, 0.3) is 0 Å². The van der Waals surface area contributed by atoms with E-state index in [2.05, 4.69) is 10.2 Å². The molecule has 2 aromatic carbocycles. The molecule has 0 radical (unpaired) electrons. The van der Waals surface area contributed by atoms with Crippen LogP contribution in [0.25, 0.3) is 5.69 Å². The lowest BCUT2D eigenvalue weighted by Gasteiger charge is -2.15. The molecule has 0 bridgehead atoms. The zero-order valence-electron chi connectivity index (χ0n) is 15.6. The topological polar surface area (TPSA) is 83.1 Å². The van der Waals surface area contributed by atoms with E-state index >= 15 is 0 Å². The molecule has 3 aromatic rings. The van der Waals surface area contributed by atoms with E-state index in [-0.39, 0.29) is 11.5 Å². The van der Waals surface area contributed by atoms with Crippen LogP contribution in [-0.4, -0.2) is 33.3 Å². The number of hydrogen-bond donors (Lipinski definition) is 0. The van der Waals surface area contributed by atoms with E-state index in [0.29, 0.717) is 21.8 Å². The van der Waals surface area contributed by atoms with E-state index in [1.807, 2.05) is 42.7 Å². The number of thioether (sulfide) groups is 1. The van der Waals surface area contributed by atoms with Crippen LogP contribution in [0.15, 0.2) is 47.6 Å². The maximum atomic E-state index is 11.3. The molecule has 0 aliphatic carbocycles. The van der Waals surface area contributed by atoms with E-state index in [1.54, 1.807) is 18.2 Å². The number of nitro groups is 1. The van der Waals surface area contributed by atoms with Gasteiger partial charge in [-0.1, -0.05) is 41.6 Å². The van der Waals surface area contributed by atoms with Crippen LogP contribution in [-0.2, 0) is 0 Å². The number of methoxy groups -OCH3 is 1. The summed E-state index contributed by atoms with van der Waals surface area (Å²) in [4.78, 5) is 10.9. The summed E-state index contributed by atoms with van der Waals surface area (Å²) >= 11 is 7.51. The van der Waals surface area contributed by atoms with Gasteiger partial charge >= 0.3 is 0 Å². The molecule has 0 N–H and O–H groups in total. The first kappa shape index (κ1) is 20.2. The molecule has 0 aliphatic heterocycles. The molecule has 0 aliphatic rings. The summed E-state index contributed by atoms with van der Waals surface area (Å²) in [6, 6.07) is 13.1. The third kappa shape index (κ3) is 4.45. The van der Waals surface area contributed by atoms with Crippen molar-refractivity contribution in [1.82, 2.24) is 14.8 Å². The van der Waals surface area contributed by atoms with Gasteiger partial charge < -0.3 is 4.74 Å². The summed E-state index contributed by atoms with van der Waals surface area (Å²) in [5.41, 5.74) is 2.74. The molecule has 0 saturated carbocycles. The van der Waals surface area contributed by atoms with Crippen LogP contribution < -0.4 is 4.74 Å². The number of halogens is 1. The molecular formula is C19H19ClN4O3S. The number of nitrogens with zero attached hydrogens (tertiary/aromatic N) is 4. The lowest BCUT2D eigenvalue weighted by atomic mass is 10.1. The van der Waals surface area contributed by atoms with Crippen LogP contribution in [0.2, 0.25) is 5.02 Å². The van der Waals surface area contributed by atoms with Gasteiger partial charge in [0, 0.05) is 10.6 Å². The molecule has 146 valence electrons. The molecule has 9 heteroatoms. The first-order valence-corrected chi connectivity index (χ1v) is 9.75. The smallest absolute Gasteiger partial charge is 0.220 e. The fourth-order valence-corrected chi connectivity index (χ4v) is 4.27. The predicted molar refractivity (Wildman–Crippen MR) is 109 cm³/mol. The fraction of sp³-hybridized carbons (Fsp3) is 0.263. The molecule has 0 spiro atoms.